The first-order valence-corrected chi connectivity index (χ1v) is 5.67. The van der Waals surface area contributed by atoms with Crippen LogP contribution in [0.5, 0.6) is 0 Å². The third-order valence-corrected chi connectivity index (χ3v) is 2.87. The SMILES string of the molecule is C[C@@]1(Cc2ccccc2)OC[C@H](CCl)O1. The molecule has 0 aromatic heterocycles. The minimum Gasteiger partial charge on any atom is -0.347 e. The van der Waals surface area contributed by atoms with Gasteiger partial charge in [-0.1, -0.05) is 30.3 Å². The van der Waals surface area contributed by atoms with Crippen LogP contribution in [0.15, 0.2) is 30.3 Å². The number of hydrogen-bond donors (Lipinski definition) is 0. The Kier molecular flexibility index (Phi) is 3.29. The van der Waals surface area contributed by atoms with E-state index in [9.17, 15) is 0 Å². The molecule has 0 saturated carbocycles. The zero-order valence-electron chi connectivity index (χ0n) is 8.78. The number of ether oxygens (including phenoxy) is 2. The van der Waals surface area contributed by atoms with Crippen molar-refractivity contribution in [3.8, 4) is 0 Å². The lowest BCUT2D eigenvalue weighted by molar-refractivity contribution is -0.149. The molecule has 1 aromatic carbocycles. The monoisotopic (exact) mass is 226 g/mol. The molecule has 1 aliphatic heterocycles. The highest BCUT2D eigenvalue weighted by Gasteiger charge is 2.36. The lowest BCUT2D eigenvalue weighted by Crippen LogP contribution is -2.29. The molecule has 1 saturated heterocycles. The van der Waals surface area contributed by atoms with E-state index in [0.717, 1.165) is 6.42 Å². The topological polar surface area (TPSA) is 18.5 Å². The van der Waals surface area contributed by atoms with Gasteiger partial charge in [0, 0.05) is 6.42 Å². The molecule has 2 nitrogen and oxygen atoms in total. The van der Waals surface area contributed by atoms with Crippen LogP contribution in [0.2, 0.25) is 0 Å². The molecule has 0 N–H and O–H groups in total. The van der Waals surface area contributed by atoms with Crippen LogP contribution in [0.4, 0.5) is 0 Å². The number of halogens is 1. The van der Waals surface area contributed by atoms with Gasteiger partial charge in [-0.15, -0.1) is 11.6 Å². The summed E-state index contributed by atoms with van der Waals surface area (Å²) in [5, 5.41) is 0. The first-order valence-electron chi connectivity index (χ1n) is 5.13. The molecule has 0 bridgehead atoms. The molecule has 0 aliphatic carbocycles. The van der Waals surface area contributed by atoms with Gasteiger partial charge in [0.15, 0.2) is 5.79 Å². The van der Waals surface area contributed by atoms with Crippen LogP contribution in [-0.4, -0.2) is 24.4 Å². The summed E-state index contributed by atoms with van der Waals surface area (Å²) in [4.78, 5) is 0. The largest absolute Gasteiger partial charge is 0.347 e. The van der Waals surface area contributed by atoms with Crippen molar-refractivity contribution in [1.29, 1.82) is 0 Å². The second-order valence-electron chi connectivity index (χ2n) is 4.00. The fraction of sp³-hybridized carbons (Fsp3) is 0.500. The maximum atomic E-state index is 5.75. The fourth-order valence-electron chi connectivity index (χ4n) is 1.83. The van der Waals surface area contributed by atoms with Crippen LogP contribution in [0.1, 0.15) is 12.5 Å². The van der Waals surface area contributed by atoms with E-state index in [4.69, 9.17) is 21.1 Å². The summed E-state index contributed by atoms with van der Waals surface area (Å²) in [6, 6.07) is 10.2. The molecule has 15 heavy (non-hydrogen) atoms. The highest BCUT2D eigenvalue weighted by atomic mass is 35.5. The fourth-order valence-corrected chi connectivity index (χ4v) is 1.98. The van der Waals surface area contributed by atoms with E-state index in [2.05, 4.69) is 12.1 Å². The van der Waals surface area contributed by atoms with Gasteiger partial charge in [-0.2, -0.15) is 0 Å². The molecule has 1 heterocycles. The van der Waals surface area contributed by atoms with E-state index >= 15 is 0 Å². The van der Waals surface area contributed by atoms with Gasteiger partial charge in [0.1, 0.15) is 0 Å². The van der Waals surface area contributed by atoms with Gasteiger partial charge in [-0.3, -0.25) is 0 Å². The van der Waals surface area contributed by atoms with Gasteiger partial charge in [0.2, 0.25) is 0 Å². The highest BCUT2D eigenvalue weighted by Crippen LogP contribution is 2.27. The summed E-state index contributed by atoms with van der Waals surface area (Å²) >= 11 is 5.73. The van der Waals surface area contributed by atoms with Crippen molar-refractivity contribution in [3.63, 3.8) is 0 Å². The quantitative estimate of drug-likeness (QED) is 0.738. The van der Waals surface area contributed by atoms with Gasteiger partial charge in [-0.25, -0.2) is 0 Å². The van der Waals surface area contributed by atoms with Crippen molar-refractivity contribution >= 4 is 11.6 Å². The maximum absolute atomic E-state index is 5.75. The lowest BCUT2D eigenvalue weighted by atomic mass is 10.1. The molecule has 2 atom stereocenters. The van der Waals surface area contributed by atoms with E-state index in [1.807, 2.05) is 25.1 Å². The number of hydrogen-bond acceptors (Lipinski definition) is 2. The molecule has 0 radical (unpaired) electrons. The molecule has 82 valence electrons. The lowest BCUT2D eigenvalue weighted by Gasteiger charge is -2.23. The van der Waals surface area contributed by atoms with Crippen molar-refractivity contribution < 1.29 is 9.47 Å². The summed E-state index contributed by atoms with van der Waals surface area (Å²) in [5.74, 6) is -0.0225. The Morgan fingerprint density at radius 1 is 1.40 bits per heavy atom. The van der Waals surface area contributed by atoms with Gasteiger partial charge in [-0.05, 0) is 12.5 Å². The molecule has 0 amide bonds. The predicted molar refractivity (Wildman–Crippen MR) is 60.1 cm³/mol. The average molecular weight is 227 g/mol. The second kappa shape index (κ2) is 4.52. The Morgan fingerprint density at radius 2 is 2.13 bits per heavy atom. The Bertz CT molecular complexity index is 315. The molecular weight excluding hydrogens is 212 g/mol. The predicted octanol–water partition coefficient (Wildman–Crippen LogP) is 2.60. The minimum atomic E-state index is -0.513. The summed E-state index contributed by atoms with van der Waals surface area (Å²) in [6.45, 7) is 2.55. The van der Waals surface area contributed by atoms with Crippen LogP contribution >= 0.6 is 11.6 Å². The second-order valence-corrected chi connectivity index (χ2v) is 4.31. The van der Waals surface area contributed by atoms with Crippen molar-refractivity contribution in [2.45, 2.75) is 25.2 Å². The first-order chi connectivity index (χ1) is 7.22. The smallest absolute Gasteiger partial charge is 0.170 e. The summed E-state index contributed by atoms with van der Waals surface area (Å²) < 4.78 is 11.4. The van der Waals surface area contributed by atoms with Crippen LogP contribution in [0.3, 0.4) is 0 Å². The third kappa shape index (κ3) is 2.71. The Labute approximate surface area is 95.1 Å². The number of alkyl halides is 1. The normalized spacial score (nSPS) is 30.7. The zero-order chi connectivity index (χ0) is 10.7. The van der Waals surface area contributed by atoms with Gasteiger partial charge < -0.3 is 9.47 Å². The highest BCUT2D eigenvalue weighted by molar-refractivity contribution is 6.18. The molecular formula is C12H15ClO2. The van der Waals surface area contributed by atoms with Crippen LogP contribution in [0, 0.1) is 0 Å². The summed E-state index contributed by atoms with van der Waals surface area (Å²) in [5.41, 5.74) is 1.22. The van der Waals surface area contributed by atoms with E-state index in [1.54, 1.807) is 0 Å². The molecule has 0 unspecified atom stereocenters. The van der Waals surface area contributed by atoms with Crippen molar-refractivity contribution in [1.82, 2.24) is 0 Å². The molecule has 3 heteroatoms. The van der Waals surface area contributed by atoms with E-state index < -0.39 is 5.79 Å². The summed E-state index contributed by atoms with van der Waals surface area (Å²) in [6.07, 6.45) is 0.793. The Morgan fingerprint density at radius 3 is 2.73 bits per heavy atom. The number of rotatable bonds is 3. The van der Waals surface area contributed by atoms with Crippen LogP contribution < -0.4 is 0 Å². The third-order valence-electron chi connectivity index (χ3n) is 2.53. The van der Waals surface area contributed by atoms with E-state index in [1.165, 1.54) is 5.56 Å². The molecule has 1 aliphatic rings. The van der Waals surface area contributed by atoms with Crippen molar-refractivity contribution in [2.75, 3.05) is 12.5 Å². The van der Waals surface area contributed by atoms with Crippen LogP contribution in [-0.2, 0) is 15.9 Å². The molecule has 1 fully saturated rings. The van der Waals surface area contributed by atoms with Gasteiger partial charge in [0.25, 0.3) is 0 Å². The van der Waals surface area contributed by atoms with Crippen molar-refractivity contribution in [3.05, 3.63) is 35.9 Å². The molecule has 2 rings (SSSR count). The van der Waals surface area contributed by atoms with E-state index in [0.29, 0.717) is 12.5 Å². The average Bonchev–Trinajstić information content (AvgIpc) is 2.61. The van der Waals surface area contributed by atoms with E-state index in [-0.39, 0.29) is 6.10 Å². The number of benzene rings is 1. The maximum Gasteiger partial charge on any atom is 0.170 e. The minimum absolute atomic E-state index is 0.0281. The standard InChI is InChI=1S/C12H15ClO2/c1-12(14-9-11(8-13)15-12)7-10-5-3-2-4-6-10/h2-6,11H,7-9H2,1H3/t11-,12+/m0/s1. The summed E-state index contributed by atoms with van der Waals surface area (Å²) in [7, 11) is 0. The van der Waals surface area contributed by atoms with Gasteiger partial charge >= 0.3 is 0 Å². The Hall–Kier alpha value is -0.570. The van der Waals surface area contributed by atoms with Crippen molar-refractivity contribution in [2.24, 2.45) is 0 Å². The first kappa shape index (κ1) is 10.9. The van der Waals surface area contributed by atoms with Crippen LogP contribution in [0.25, 0.3) is 0 Å². The Balaban J connectivity index is 2.00. The molecule has 1 aromatic rings. The van der Waals surface area contributed by atoms with Gasteiger partial charge in [0.05, 0.1) is 18.6 Å². The molecule has 0 spiro atoms. The zero-order valence-corrected chi connectivity index (χ0v) is 9.54.